The lowest BCUT2D eigenvalue weighted by molar-refractivity contribution is -0.114. The lowest BCUT2D eigenvalue weighted by atomic mass is 10.0. The van der Waals surface area contributed by atoms with E-state index in [-0.39, 0.29) is 58.1 Å². The Morgan fingerprint density at radius 1 is 1.08 bits per heavy atom. The third kappa shape index (κ3) is 4.76. The van der Waals surface area contributed by atoms with Crippen LogP contribution in [0.4, 0.5) is 10.1 Å². The van der Waals surface area contributed by atoms with E-state index in [2.05, 4.69) is 25.5 Å². The molecule has 0 unspecified atom stereocenters. The minimum atomic E-state index is -0.620. The zero-order valence-electron chi connectivity index (χ0n) is 20.2. The third-order valence-corrected chi connectivity index (χ3v) is 5.68. The average Bonchev–Trinajstić information content (AvgIpc) is 3.38. The van der Waals surface area contributed by atoms with Crippen molar-refractivity contribution in [3.05, 3.63) is 83.6 Å². The Morgan fingerprint density at radius 3 is 2.61 bits per heavy atom. The third-order valence-electron chi connectivity index (χ3n) is 5.68. The van der Waals surface area contributed by atoms with E-state index in [1.54, 1.807) is 36.4 Å². The van der Waals surface area contributed by atoms with Crippen molar-refractivity contribution in [3.63, 3.8) is 0 Å². The van der Waals surface area contributed by atoms with Crippen molar-refractivity contribution in [2.24, 2.45) is 0 Å². The molecule has 11 heteroatoms. The van der Waals surface area contributed by atoms with Gasteiger partial charge in [-0.15, -0.1) is 10.2 Å². The highest BCUT2D eigenvalue weighted by Crippen LogP contribution is 2.38. The molecule has 2 aromatic carbocycles. The number of aromatic nitrogens is 4. The highest BCUT2D eigenvalue weighted by Gasteiger charge is 2.23. The van der Waals surface area contributed by atoms with Gasteiger partial charge in [0.2, 0.25) is 11.8 Å². The van der Waals surface area contributed by atoms with E-state index in [1.807, 2.05) is 0 Å². The number of nitrogens with zero attached hydrogens (tertiary/aromatic N) is 4. The van der Waals surface area contributed by atoms with Crippen LogP contribution in [0, 0.1) is 5.82 Å². The summed E-state index contributed by atoms with van der Waals surface area (Å²) in [7, 11) is 1.25. The van der Waals surface area contributed by atoms with Crippen molar-refractivity contribution in [1.29, 1.82) is 0 Å². The second kappa shape index (κ2) is 10.1. The van der Waals surface area contributed by atoms with Crippen LogP contribution in [-0.4, -0.2) is 44.3 Å². The summed E-state index contributed by atoms with van der Waals surface area (Å²) in [6.07, 6.45) is 1.77. The van der Waals surface area contributed by atoms with Crippen molar-refractivity contribution in [2.75, 3.05) is 12.4 Å². The van der Waals surface area contributed by atoms with Crippen LogP contribution in [0.15, 0.2) is 65.2 Å². The molecule has 3 aromatic heterocycles. The van der Waals surface area contributed by atoms with E-state index in [0.717, 1.165) is 5.56 Å². The maximum absolute atomic E-state index is 13.2. The highest BCUT2D eigenvalue weighted by molar-refractivity contribution is 6.04. The molecule has 0 radical (unpaired) electrons. The average molecular weight is 513 g/mol. The van der Waals surface area contributed by atoms with Crippen molar-refractivity contribution >= 4 is 28.5 Å². The minimum absolute atomic E-state index is 0.00202. The Morgan fingerprint density at radius 2 is 1.87 bits per heavy atom. The van der Waals surface area contributed by atoms with E-state index in [0.29, 0.717) is 16.6 Å². The molecule has 0 fully saturated rings. The largest absolute Gasteiger partial charge is 0.504 e. The number of rotatable bonds is 6. The van der Waals surface area contributed by atoms with E-state index < -0.39 is 5.97 Å². The molecule has 0 saturated carbocycles. The normalized spacial score (nSPS) is 10.9. The standard InChI is InChI=1S/C27H20FN5O5/c1-14(34)30-20-13-16(7-10-18(20)27(36)37-2)22-19-4-3-11-29-23(19)25(35)24(31-22)26-33-32-21(38-26)12-15-5-8-17(28)9-6-15/h3-11,13,35H,12H2,1-2H3,(H,30,34). The smallest absolute Gasteiger partial charge is 0.339 e. The Hall–Kier alpha value is -5.19. The van der Waals surface area contributed by atoms with Gasteiger partial charge in [-0.25, -0.2) is 14.2 Å². The molecule has 5 rings (SSSR count). The molecule has 38 heavy (non-hydrogen) atoms. The zero-order chi connectivity index (χ0) is 26.8. The topological polar surface area (TPSA) is 140 Å². The van der Waals surface area contributed by atoms with Gasteiger partial charge < -0.3 is 19.6 Å². The first kappa shape index (κ1) is 24.5. The number of nitrogens with one attached hydrogen (secondary N) is 1. The number of aromatic hydroxyl groups is 1. The molecule has 0 aliphatic carbocycles. The Labute approximate surface area is 215 Å². The molecule has 0 saturated heterocycles. The summed E-state index contributed by atoms with van der Waals surface area (Å²) in [5, 5.41) is 22.3. The predicted molar refractivity (Wildman–Crippen MR) is 135 cm³/mol. The van der Waals surface area contributed by atoms with Gasteiger partial charge in [0.1, 0.15) is 11.3 Å². The molecule has 0 spiro atoms. The van der Waals surface area contributed by atoms with Crippen molar-refractivity contribution in [3.8, 4) is 28.6 Å². The number of amides is 1. The number of halogens is 1. The van der Waals surface area contributed by atoms with Gasteiger partial charge in [0.15, 0.2) is 11.4 Å². The number of hydrogen-bond donors (Lipinski definition) is 2. The van der Waals surface area contributed by atoms with Crippen LogP contribution in [-0.2, 0) is 16.0 Å². The maximum atomic E-state index is 13.2. The van der Waals surface area contributed by atoms with Crippen LogP contribution in [0.5, 0.6) is 5.75 Å². The van der Waals surface area contributed by atoms with Crippen LogP contribution in [0.25, 0.3) is 33.7 Å². The van der Waals surface area contributed by atoms with Gasteiger partial charge >= 0.3 is 5.97 Å². The van der Waals surface area contributed by atoms with Gasteiger partial charge in [-0.2, -0.15) is 0 Å². The van der Waals surface area contributed by atoms with Crippen LogP contribution >= 0.6 is 0 Å². The molecule has 0 aliphatic heterocycles. The molecule has 0 bridgehead atoms. The summed E-state index contributed by atoms with van der Waals surface area (Å²) in [6.45, 7) is 1.32. The summed E-state index contributed by atoms with van der Waals surface area (Å²) >= 11 is 0. The number of benzene rings is 2. The molecule has 190 valence electrons. The van der Waals surface area contributed by atoms with Crippen LogP contribution in [0.3, 0.4) is 0 Å². The maximum Gasteiger partial charge on any atom is 0.339 e. The number of ether oxygens (including phenoxy) is 1. The number of hydrogen-bond acceptors (Lipinski definition) is 9. The number of methoxy groups -OCH3 is 1. The molecular formula is C27H20FN5O5. The fourth-order valence-electron chi connectivity index (χ4n) is 3.96. The van der Waals surface area contributed by atoms with E-state index in [4.69, 9.17) is 9.15 Å². The Balaban J connectivity index is 1.62. The number of anilines is 1. The number of pyridine rings is 2. The fraction of sp³-hybridized carbons (Fsp3) is 0.111. The van der Waals surface area contributed by atoms with Crippen LogP contribution in [0.1, 0.15) is 28.7 Å². The lowest BCUT2D eigenvalue weighted by Crippen LogP contribution is -2.12. The highest BCUT2D eigenvalue weighted by atomic mass is 19.1. The molecule has 2 N–H and O–H groups in total. The molecule has 3 heterocycles. The summed E-state index contributed by atoms with van der Waals surface area (Å²) in [6, 6.07) is 14.0. The fourth-order valence-corrected chi connectivity index (χ4v) is 3.96. The van der Waals surface area contributed by atoms with E-state index in [1.165, 1.54) is 38.4 Å². The Bertz CT molecular complexity index is 1680. The molecule has 1 amide bonds. The summed E-state index contributed by atoms with van der Waals surface area (Å²) < 4.78 is 23.8. The molecular weight excluding hydrogens is 493 g/mol. The number of fused-ring (bicyclic) bond motifs is 1. The second-order valence-electron chi connectivity index (χ2n) is 8.29. The van der Waals surface area contributed by atoms with Gasteiger partial charge in [0, 0.05) is 24.1 Å². The number of carbonyl (C=O) groups is 2. The quantitative estimate of drug-likeness (QED) is 0.313. The van der Waals surface area contributed by atoms with Crippen molar-refractivity contribution < 1.29 is 28.2 Å². The van der Waals surface area contributed by atoms with Gasteiger partial charge in [0.05, 0.1) is 30.5 Å². The van der Waals surface area contributed by atoms with Gasteiger partial charge in [-0.1, -0.05) is 18.2 Å². The number of esters is 1. The first-order chi connectivity index (χ1) is 18.3. The first-order valence-electron chi connectivity index (χ1n) is 11.4. The molecule has 5 aromatic rings. The molecule has 0 atom stereocenters. The predicted octanol–water partition coefficient (Wildman–Crippen LogP) is 4.53. The first-order valence-corrected chi connectivity index (χ1v) is 11.4. The van der Waals surface area contributed by atoms with Crippen molar-refractivity contribution in [2.45, 2.75) is 13.3 Å². The monoisotopic (exact) mass is 513 g/mol. The number of carbonyl (C=O) groups excluding carboxylic acids is 2. The summed E-state index contributed by atoms with van der Waals surface area (Å²) in [5.41, 5.74) is 2.31. The lowest BCUT2D eigenvalue weighted by Gasteiger charge is -2.13. The molecule has 0 aliphatic rings. The minimum Gasteiger partial charge on any atom is -0.504 e. The van der Waals surface area contributed by atoms with Crippen LogP contribution in [0.2, 0.25) is 0 Å². The summed E-state index contributed by atoms with van der Waals surface area (Å²) in [5.74, 6) is -1.41. The van der Waals surface area contributed by atoms with Gasteiger partial charge in [-0.3, -0.25) is 9.78 Å². The SMILES string of the molecule is COC(=O)c1ccc(-c2nc(-c3nnc(Cc4ccc(F)cc4)o3)c(O)c3ncccc23)cc1NC(C)=O. The zero-order valence-corrected chi connectivity index (χ0v) is 20.2. The van der Waals surface area contributed by atoms with E-state index in [9.17, 15) is 19.1 Å². The van der Waals surface area contributed by atoms with Crippen molar-refractivity contribution in [1.82, 2.24) is 20.2 Å². The van der Waals surface area contributed by atoms with Gasteiger partial charge in [0.25, 0.3) is 5.89 Å². The van der Waals surface area contributed by atoms with Gasteiger partial charge in [-0.05, 0) is 42.0 Å². The summed E-state index contributed by atoms with van der Waals surface area (Å²) in [4.78, 5) is 33.0. The second-order valence-corrected chi connectivity index (χ2v) is 8.29. The molecule has 10 nitrogen and oxygen atoms in total. The van der Waals surface area contributed by atoms with E-state index >= 15 is 0 Å². The van der Waals surface area contributed by atoms with Crippen LogP contribution < -0.4 is 5.32 Å². The Kier molecular flexibility index (Phi) is 6.48.